The maximum atomic E-state index is 12.5. The van der Waals surface area contributed by atoms with Gasteiger partial charge in [-0.05, 0) is 20.3 Å². The van der Waals surface area contributed by atoms with Gasteiger partial charge in [0.15, 0.2) is 0 Å². The maximum Gasteiger partial charge on any atom is 0.323 e. The Balaban J connectivity index is 2.93. The van der Waals surface area contributed by atoms with Crippen LogP contribution < -0.4 is 0 Å². The monoisotopic (exact) mass is 285 g/mol. The van der Waals surface area contributed by atoms with Gasteiger partial charge in [0.25, 0.3) is 0 Å². The van der Waals surface area contributed by atoms with Crippen LogP contribution in [0.15, 0.2) is 0 Å². The minimum atomic E-state index is -1.05. The molecule has 114 valence electrons. The standard InChI is InChI=1S/C13H23N3O4/c1-5-6-15(9-10(17)18)12(20)16-8-7-14(4)11(19)13(16,2)3/h5-9H2,1-4H3,(H,17,18). The number of amides is 3. The van der Waals surface area contributed by atoms with Crippen LogP contribution in [-0.4, -0.2) is 76.5 Å². The molecule has 0 radical (unpaired) electrons. The van der Waals surface area contributed by atoms with Gasteiger partial charge in [-0.25, -0.2) is 4.79 Å². The van der Waals surface area contributed by atoms with E-state index in [-0.39, 0.29) is 18.5 Å². The second-order valence-electron chi connectivity index (χ2n) is 5.54. The summed E-state index contributed by atoms with van der Waals surface area (Å²) in [5.74, 6) is -1.19. The second kappa shape index (κ2) is 6.11. The SMILES string of the molecule is CCCN(CC(=O)O)C(=O)N1CCN(C)C(=O)C1(C)C. The Morgan fingerprint density at radius 1 is 1.35 bits per heavy atom. The van der Waals surface area contributed by atoms with Crippen LogP contribution in [0.3, 0.4) is 0 Å². The molecule has 0 spiro atoms. The summed E-state index contributed by atoms with van der Waals surface area (Å²) in [4.78, 5) is 39.9. The van der Waals surface area contributed by atoms with E-state index in [1.165, 1.54) is 9.80 Å². The molecule has 0 aromatic carbocycles. The number of carbonyl (C=O) groups excluding carboxylic acids is 2. The third-order valence-electron chi connectivity index (χ3n) is 3.52. The molecule has 0 atom stereocenters. The number of likely N-dealkylation sites (N-methyl/N-ethyl adjacent to an activating group) is 1. The highest BCUT2D eigenvalue weighted by atomic mass is 16.4. The molecule has 20 heavy (non-hydrogen) atoms. The lowest BCUT2D eigenvalue weighted by molar-refractivity contribution is -0.145. The third kappa shape index (κ3) is 3.20. The van der Waals surface area contributed by atoms with E-state index in [1.54, 1.807) is 25.8 Å². The highest BCUT2D eigenvalue weighted by molar-refractivity contribution is 5.92. The predicted molar refractivity (Wildman–Crippen MR) is 73.3 cm³/mol. The molecule has 1 aliphatic rings. The van der Waals surface area contributed by atoms with E-state index in [2.05, 4.69) is 0 Å². The van der Waals surface area contributed by atoms with Gasteiger partial charge in [0.2, 0.25) is 5.91 Å². The second-order valence-corrected chi connectivity index (χ2v) is 5.54. The van der Waals surface area contributed by atoms with Crippen molar-refractivity contribution in [3.8, 4) is 0 Å². The number of urea groups is 1. The maximum absolute atomic E-state index is 12.5. The number of aliphatic carboxylic acids is 1. The molecule has 0 aromatic heterocycles. The van der Waals surface area contributed by atoms with Crippen molar-refractivity contribution in [3.63, 3.8) is 0 Å². The van der Waals surface area contributed by atoms with Crippen molar-refractivity contribution in [1.82, 2.24) is 14.7 Å². The third-order valence-corrected chi connectivity index (χ3v) is 3.52. The van der Waals surface area contributed by atoms with E-state index in [0.29, 0.717) is 26.1 Å². The molecule has 0 saturated carbocycles. The molecule has 1 N–H and O–H groups in total. The molecule has 1 saturated heterocycles. The summed E-state index contributed by atoms with van der Waals surface area (Å²) in [6.45, 7) is 6.14. The highest BCUT2D eigenvalue weighted by Gasteiger charge is 2.44. The Morgan fingerprint density at radius 2 is 1.95 bits per heavy atom. The van der Waals surface area contributed by atoms with Crippen LogP contribution in [0, 0.1) is 0 Å². The van der Waals surface area contributed by atoms with Crippen molar-refractivity contribution in [2.75, 3.05) is 33.2 Å². The number of carboxylic acid groups (broad SMARTS) is 1. The summed E-state index contributed by atoms with van der Waals surface area (Å²) in [5, 5.41) is 8.89. The van der Waals surface area contributed by atoms with Gasteiger partial charge in [-0.3, -0.25) is 9.59 Å². The van der Waals surface area contributed by atoms with Crippen molar-refractivity contribution < 1.29 is 19.5 Å². The molecule has 3 amide bonds. The Hall–Kier alpha value is -1.79. The molecule has 0 unspecified atom stereocenters. The van der Waals surface area contributed by atoms with Gasteiger partial charge in [0.1, 0.15) is 12.1 Å². The van der Waals surface area contributed by atoms with Gasteiger partial charge in [0, 0.05) is 26.7 Å². The van der Waals surface area contributed by atoms with Crippen molar-refractivity contribution >= 4 is 17.9 Å². The number of carboxylic acids is 1. The fraction of sp³-hybridized carbons (Fsp3) is 0.769. The van der Waals surface area contributed by atoms with Gasteiger partial charge >= 0.3 is 12.0 Å². The number of hydrogen-bond acceptors (Lipinski definition) is 3. The smallest absolute Gasteiger partial charge is 0.323 e. The number of nitrogens with zero attached hydrogens (tertiary/aromatic N) is 3. The largest absolute Gasteiger partial charge is 0.480 e. The molecule has 7 heteroatoms. The Bertz CT molecular complexity index is 408. The lowest BCUT2D eigenvalue weighted by Crippen LogP contribution is -2.66. The molecule has 0 bridgehead atoms. The first-order chi connectivity index (χ1) is 9.21. The fourth-order valence-corrected chi connectivity index (χ4v) is 2.39. The van der Waals surface area contributed by atoms with Crippen LogP contribution in [0.4, 0.5) is 4.79 Å². The van der Waals surface area contributed by atoms with Crippen molar-refractivity contribution in [1.29, 1.82) is 0 Å². The molecule has 1 fully saturated rings. The molecule has 0 aromatic rings. The van der Waals surface area contributed by atoms with Crippen molar-refractivity contribution in [2.24, 2.45) is 0 Å². The molecule has 0 aliphatic carbocycles. The zero-order chi connectivity index (χ0) is 15.5. The van der Waals surface area contributed by atoms with Crippen molar-refractivity contribution in [3.05, 3.63) is 0 Å². The quantitative estimate of drug-likeness (QED) is 0.813. The Labute approximate surface area is 119 Å². The van der Waals surface area contributed by atoms with Gasteiger partial charge in [-0.2, -0.15) is 0 Å². The van der Waals surface area contributed by atoms with Crippen LogP contribution in [0.2, 0.25) is 0 Å². The predicted octanol–water partition coefficient (Wildman–Crippen LogP) is 0.456. The van der Waals surface area contributed by atoms with Crippen LogP contribution in [0.25, 0.3) is 0 Å². The minimum Gasteiger partial charge on any atom is -0.480 e. The summed E-state index contributed by atoms with van der Waals surface area (Å²) in [6, 6.07) is -0.388. The van der Waals surface area contributed by atoms with Crippen LogP contribution >= 0.6 is 0 Å². The van der Waals surface area contributed by atoms with E-state index < -0.39 is 11.5 Å². The molecule has 1 aliphatic heterocycles. The lowest BCUT2D eigenvalue weighted by atomic mass is 9.98. The summed E-state index contributed by atoms with van der Waals surface area (Å²) in [6.07, 6.45) is 0.668. The number of carbonyl (C=O) groups is 3. The minimum absolute atomic E-state index is 0.135. The van der Waals surface area contributed by atoms with Crippen LogP contribution in [0.1, 0.15) is 27.2 Å². The zero-order valence-electron chi connectivity index (χ0n) is 12.5. The molecule has 1 heterocycles. The van der Waals surface area contributed by atoms with Crippen LogP contribution in [-0.2, 0) is 9.59 Å². The van der Waals surface area contributed by atoms with Crippen LogP contribution in [0.5, 0.6) is 0 Å². The normalized spacial score (nSPS) is 18.1. The molecule has 7 nitrogen and oxygen atoms in total. The Kier molecular flexibility index (Phi) is 4.97. The number of rotatable bonds is 4. The molecular weight excluding hydrogens is 262 g/mol. The average molecular weight is 285 g/mol. The first-order valence-corrected chi connectivity index (χ1v) is 6.75. The first kappa shape index (κ1) is 16.3. The van der Waals surface area contributed by atoms with E-state index in [1.807, 2.05) is 6.92 Å². The van der Waals surface area contributed by atoms with Gasteiger partial charge in [-0.1, -0.05) is 6.92 Å². The molecular formula is C13H23N3O4. The topological polar surface area (TPSA) is 81.2 Å². The van der Waals surface area contributed by atoms with E-state index in [4.69, 9.17) is 5.11 Å². The van der Waals surface area contributed by atoms with Gasteiger partial charge in [-0.15, -0.1) is 0 Å². The fourth-order valence-electron chi connectivity index (χ4n) is 2.39. The molecule has 1 rings (SSSR count). The number of piperazine rings is 1. The summed E-state index contributed by atoms with van der Waals surface area (Å²) in [7, 11) is 1.70. The highest BCUT2D eigenvalue weighted by Crippen LogP contribution is 2.23. The summed E-state index contributed by atoms with van der Waals surface area (Å²) >= 11 is 0. The average Bonchev–Trinajstić information content (AvgIpc) is 2.34. The van der Waals surface area contributed by atoms with E-state index in [0.717, 1.165) is 0 Å². The van der Waals surface area contributed by atoms with E-state index in [9.17, 15) is 14.4 Å². The van der Waals surface area contributed by atoms with Gasteiger partial charge in [0.05, 0.1) is 0 Å². The van der Waals surface area contributed by atoms with Crippen molar-refractivity contribution in [2.45, 2.75) is 32.7 Å². The summed E-state index contributed by atoms with van der Waals surface area (Å²) in [5.41, 5.74) is -0.950. The number of hydrogen-bond donors (Lipinski definition) is 1. The lowest BCUT2D eigenvalue weighted by Gasteiger charge is -2.46. The summed E-state index contributed by atoms with van der Waals surface area (Å²) < 4.78 is 0. The first-order valence-electron chi connectivity index (χ1n) is 6.75. The Morgan fingerprint density at radius 3 is 2.45 bits per heavy atom. The van der Waals surface area contributed by atoms with E-state index >= 15 is 0 Å². The zero-order valence-corrected chi connectivity index (χ0v) is 12.5. The van der Waals surface area contributed by atoms with Gasteiger partial charge < -0.3 is 19.8 Å².